The molecule has 2 aromatic rings. The average molecular weight is 346 g/mol. The van der Waals surface area contributed by atoms with Crippen LogP contribution in [0.15, 0.2) is 36.4 Å². The van der Waals surface area contributed by atoms with Gasteiger partial charge in [-0.1, -0.05) is 35.3 Å². The summed E-state index contributed by atoms with van der Waals surface area (Å²) >= 11 is 11.7. The largest absolute Gasteiger partial charge is 0.386 e. The van der Waals surface area contributed by atoms with Crippen LogP contribution in [0.25, 0.3) is 0 Å². The lowest BCUT2D eigenvalue weighted by Gasteiger charge is -2.14. The van der Waals surface area contributed by atoms with Gasteiger partial charge in [0.15, 0.2) is 0 Å². The molecule has 1 amide bonds. The Kier molecular flexibility index (Phi) is 5.34. The molecule has 3 nitrogen and oxygen atoms in total. The number of rotatable bonds is 4. The first-order chi connectivity index (χ1) is 10.4. The summed E-state index contributed by atoms with van der Waals surface area (Å²) in [5, 5.41) is 12.5. The van der Waals surface area contributed by atoms with Gasteiger partial charge >= 0.3 is 0 Å². The number of carbonyl (C=O) groups excluding carboxylic acids is 1. The normalized spacial score (nSPS) is 12.0. The summed E-state index contributed by atoms with van der Waals surface area (Å²) in [5.41, 5.74) is -0.393. The van der Waals surface area contributed by atoms with Gasteiger partial charge in [-0.05, 0) is 24.3 Å². The highest BCUT2D eigenvalue weighted by molar-refractivity contribution is 6.43. The van der Waals surface area contributed by atoms with Gasteiger partial charge in [0.05, 0.1) is 21.2 Å². The van der Waals surface area contributed by atoms with Gasteiger partial charge in [0.2, 0.25) is 0 Å². The molecule has 1 atom stereocenters. The van der Waals surface area contributed by atoms with Crippen LogP contribution in [0, 0.1) is 11.6 Å². The van der Waals surface area contributed by atoms with Gasteiger partial charge in [0, 0.05) is 6.54 Å². The Morgan fingerprint density at radius 2 is 1.73 bits per heavy atom. The first kappa shape index (κ1) is 16.7. The first-order valence-electron chi connectivity index (χ1n) is 6.26. The van der Waals surface area contributed by atoms with Gasteiger partial charge in [-0.15, -0.1) is 0 Å². The second-order valence-corrected chi connectivity index (χ2v) is 5.25. The van der Waals surface area contributed by atoms with Gasteiger partial charge in [-0.3, -0.25) is 4.79 Å². The fraction of sp³-hybridized carbons (Fsp3) is 0.133. The monoisotopic (exact) mass is 345 g/mol. The van der Waals surface area contributed by atoms with E-state index in [9.17, 15) is 18.7 Å². The van der Waals surface area contributed by atoms with Crippen LogP contribution < -0.4 is 5.32 Å². The third-order valence-electron chi connectivity index (χ3n) is 2.99. The maximum absolute atomic E-state index is 13.5. The van der Waals surface area contributed by atoms with Crippen LogP contribution in [-0.4, -0.2) is 17.6 Å². The number of nitrogens with one attached hydrogen (secondary N) is 1. The van der Waals surface area contributed by atoms with Crippen LogP contribution in [-0.2, 0) is 0 Å². The Hall–Kier alpha value is -1.69. The zero-order valence-electron chi connectivity index (χ0n) is 11.1. The van der Waals surface area contributed by atoms with Crippen LogP contribution in [0.2, 0.25) is 10.0 Å². The number of benzene rings is 2. The van der Waals surface area contributed by atoms with Gasteiger partial charge in [0.1, 0.15) is 17.7 Å². The molecule has 0 saturated heterocycles. The minimum Gasteiger partial charge on any atom is -0.386 e. The molecular weight excluding hydrogens is 335 g/mol. The van der Waals surface area contributed by atoms with E-state index in [-0.39, 0.29) is 22.2 Å². The molecule has 0 aliphatic rings. The lowest BCUT2D eigenvalue weighted by atomic mass is 10.1. The molecule has 7 heteroatoms. The molecule has 22 heavy (non-hydrogen) atoms. The molecule has 0 spiro atoms. The highest BCUT2D eigenvalue weighted by Crippen LogP contribution is 2.25. The molecule has 2 N–H and O–H groups in total. The molecule has 0 aliphatic heterocycles. The van der Waals surface area contributed by atoms with E-state index >= 15 is 0 Å². The minimum absolute atomic E-state index is 0.0632. The highest BCUT2D eigenvalue weighted by Gasteiger charge is 2.19. The molecule has 116 valence electrons. The third kappa shape index (κ3) is 3.55. The molecule has 1 unspecified atom stereocenters. The van der Waals surface area contributed by atoms with E-state index in [1.54, 1.807) is 0 Å². The second kappa shape index (κ2) is 7.05. The fourth-order valence-electron chi connectivity index (χ4n) is 1.89. The molecule has 0 heterocycles. The lowest BCUT2D eigenvalue weighted by Crippen LogP contribution is -2.29. The van der Waals surface area contributed by atoms with Crippen LogP contribution in [0.1, 0.15) is 22.0 Å². The quantitative estimate of drug-likeness (QED) is 0.886. The molecule has 0 bridgehead atoms. The molecule has 2 aromatic carbocycles. The summed E-state index contributed by atoms with van der Waals surface area (Å²) < 4.78 is 27.0. The summed E-state index contributed by atoms with van der Waals surface area (Å²) in [6.45, 7) is -0.375. The van der Waals surface area contributed by atoms with Crippen molar-refractivity contribution in [3.63, 3.8) is 0 Å². The van der Waals surface area contributed by atoms with Gasteiger partial charge in [-0.25, -0.2) is 8.78 Å². The number of carbonyl (C=O) groups is 1. The van der Waals surface area contributed by atoms with Crippen molar-refractivity contribution in [3.8, 4) is 0 Å². The molecule has 0 fully saturated rings. The van der Waals surface area contributed by atoms with Crippen molar-refractivity contribution >= 4 is 29.1 Å². The fourth-order valence-corrected chi connectivity index (χ4v) is 2.28. The number of aliphatic hydroxyl groups excluding tert-OH is 1. The van der Waals surface area contributed by atoms with E-state index < -0.39 is 29.2 Å². The molecular formula is C15H11Cl2F2NO2. The van der Waals surface area contributed by atoms with E-state index in [2.05, 4.69) is 5.32 Å². The summed E-state index contributed by atoms with van der Waals surface area (Å²) in [7, 11) is 0. The van der Waals surface area contributed by atoms with Crippen molar-refractivity contribution < 1.29 is 18.7 Å². The SMILES string of the molecule is O=C(NCC(O)c1c(F)cccc1F)c1cccc(Cl)c1Cl. The van der Waals surface area contributed by atoms with E-state index in [4.69, 9.17) is 23.2 Å². The molecule has 0 saturated carbocycles. The zero-order chi connectivity index (χ0) is 16.3. The highest BCUT2D eigenvalue weighted by atomic mass is 35.5. The number of hydrogen-bond donors (Lipinski definition) is 2. The zero-order valence-corrected chi connectivity index (χ0v) is 12.6. The number of aliphatic hydroxyl groups is 1. The average Bonchev–Trinajstić information content (AvgIpc) is 2.47. The maximum atomic E-state index is 13.5. The number of amides is 1. The predicted molar refractivity (Wildman–Crippen MR) is 80.1 cm³/mol. The molecule has 2 rings (SSSR count). The van der Waals surface area contributed by atoms with Gasteiger partial charge < -0.3 is 10.4 Å². The molecule has 0 aliphatic carbocycles. The van der Waals surface area contributed by atoms with Gasteiger partial charge in [-0.2, -0.15) is 0 Å². The number of hydrogen-bond acceptors (Lipinski definition) is 2. The minimum atomic E-state index is -1.52. The van der Waals surface area contributed by atoms with Crippen LogP contribution in [0.4, 0.5) is 8.78 Å². The van der Waals surface area contributed by atoms with Crippen molar-refractivity contribution in [1.29, 1.82) is 0 Å². The second-order valence-electron chi connectivity index (χ2n) is 4.46. The van der Waals surface area contributed by atoms with Crippen molar-refractivity contribution in [3.05, 3.63) is 69.2 Å². The van der Waals surface area contributed by atoms with E-state index in [0.717, 1.165) is 12.1 Å². The van der Waals surface area contributed by atoms with Crippen molar-refractivity contribution in [2.24, 2.45) is 0 Å². The first-order valence-corrected chi connectivity index (χ1v) is 7.01. The Bertz CT molecular complexity index is 690. The van der Waals surface area contributed by atoms with Crippen molar-refractivity contribution in [1.82, 2.24) is 5.32 Å². The Morgan fingerprint density at radius 3 is 2.36 bits per heavy atom. The van der Waals surface area contributed by atoms with Crippen LogP contribution in [0.5, 0.6) is 0 Å². The Balaban J connectivity index is 2.09. The smallest absolute Gasteiger partial charge is 0.252 e. The Labute approximate surface area is 135 Å². The standard InChI is InChI=1S/C15H11Cl2F2NO2/c16-9-4-1-3-8(14(9)17)15(22)20-7-12(21)13-10(18)5-2-6-11(13)19/h1-6,12,21H,7H2,(H,20,22). The molecule has 0 aromatic heterocycles. The van der Waals surface area contributed by atoms with E-state index in [1.807, 2.05) is 0 Å². The topological polar surface area (TPSA) is 49.3 Å². The van der Waals surface area contributed by atoms with E-state index in [0.29, 0.717) is 0 Å². The summed E-state index contributed by atoms with van der Waals surface area (Å²) in [4.78, 5) is 12.0. The van der Waals surface area contributed by atoms with Crippen LogP contribution >= 0.6 is 23.2 Å². The Morgan fingerprint density at radius 1 is 1.14 bits per heavy atom. The summed E-state index contributed by atoms with van der Waals surface area (Å²) in [6.07, 6.45) is -1.52. The lowest BCUT2D eigenvalue weighted by molar-refractivity contribution is 0.0911. The van der Waals surface area contributed by atoms with Crippen molar-refractivity contribution in [2.45, 2.75) is 6.10 Å². The third-order valence-corrected chi connectivity index (χ3v) is 3.80. The van der Waals surface area contributed by atoms with Crippen molar-refractivity contribution in [2.75, 3.05) is 6.54 Å². The summed E-state index contributed by atoms with van der Waals surface area (Å²) in [5.74, 6) is -2.38. The van der Waals surface area contributed by atoms with E-state index in [1.165, 1.54) is 24.3 Å². The maximum Gasteiger partial charge on any atom is 0.252 e. The summed E-state index contributed by atoms with van der Waals surface area (Å²) in [6, 6.07) is 7.74. The predicted octanol–water partition coefficient (Wildman–Crippen LogP) is 3.74. The molecule has 0 radical (unpaired) electrons. The van der Waals surface area contributed by atoms with Gasteiger partial charge in [0.25, 0.3) is 5.91 Å². The van der Waals surface area contributed by atoms with Crippen LogP contribution in [0.3, 0.4) is 0 Å². The number of halogens is 4.